The van der Waals surface area contributed by atoms with E-state index < -0.39 is 0 Å². The Kier molecular flexibility index (Phi) is 2.50. The van der Waals surface area contributed by atoms with Gasteiger partial charge in [-0.25, -0.2) is 0 Å². The van der Waals surface area contributed by atoms with Crippen LogP contribution >= 0.6 is 0 Å². The van der Waals surface area contributed by atoms with Crippen LogP contribution < -0.4 is 5.32 Å². The highest BCUT2D eigenvalue weighted by molar-refractivity contribution is 5.99. The summed E-state index contributed by atoms with van der Waals surface area (Å²) < 4.78 is 0. The fourth-order valence-electron chi connectivity index (χ4n) is 1.33. The molecule has 2 rings (SSSR count). The van der Waals surface area contributed by atoms with Crippen molar-refractivity contribution in [3.05, 3.63) is 29.8 Å². The molecule has 0 radical (unpaired) electrons. The van der Waals surface area contributed by atoms with Crippen LogP contribution in [0.25, 0.3) is 0 Å². The number of carbonyl (C=O) groups excluding carboxylic acids is 1. The molecule has 0 spiro atoms. The van der Waals surface area contributed by atoms with Crippen LogP contribution in [0.3, 0.4) is 0 Å². The molecule has 1 aromatic carbocycles. The largest absolute Gasteiger partial charge is 0.507 e. The van der Waals surface area contributed by atoms with Gasteiger partial charge in [0.05, 0.1) is 12.1 Å². The summed E-state index contributed by atoms with van der Waals surface area (Å²) >= 11 is 0. The minimum Gasteiger partial charge on any atom is -0.507 e. The number of rotatable bonds is 4. The van der Waals surface area contributed by atoms with E-state index in [1.807, 2.05) is 0 Å². The summed E-state index contributed by atoms with van der Waals surface area (Å²) in [4.78, 5) is 11.6. The van der Waals surface area contributed by atoms with Gasteiger partial charge in [0.2, 0.25) is 0 Å². The Balaban J connectivity index is 1.98. The molecule has 74 valence electrons. The van der Waals surface area contributed by atoms with Gasteiger partial charge >= 0.3 is 0 Å². The molecule has 14 heavy (non-hydrogen) atoms. The summed E-state index contributed by atoms with van der Waals surface area (Å²) in [5.41, 5.74) is 0.403. The summed E-state index contributed by atoms with van der Waals surface area (Å²) in [6, 6.07) is 7.16. The second-order valence-electron chi connectivity index (χ2n) is 3.60. The van der Waals surface area contributed by atoms with E-state index in [1.54, 1.807) is 18.2 Å². The average Bonchev–Trinajstić information content (AvgIpc) is 2.98. The Bertz CT molecular complexity index is 345. The SMILES string of the molecule is O=C(CNC1CC1)c1ccccc1O. The first-order chi connectivity index (χ1) is 6.77. The van der Waals surface area contributed by atoms with E-state index >= 15 is 0 Å². The molecule has 0 bridgehead atoms. The predicted octanol–water partition coefficient (Wildman–Crippen LogP) is 1.33. The maximum absolute atomic E-state index is 11.6. The van der Waals surface area contributed by atoms with E-state index in [1.165, 1.54) is 6.07 Å². The fraction of sp³-hybridized carbons (Fsp3) is 0.364. The third kappa shape index (κ3) is 2.12. The van der Waals surface area contributed by atoms with Crippen molar-refractivity contribution in [3.8, 4) is 5.75 Å². The lowest BCUT2D eigenvalue weighted by molar-refractivity contribution is 0.0988. The molecule has 0 atom stereocenters. The molecule has 1 saturated carbocycles. The molecule has 2 N–H and O–H groups in total. The maximum atomic E-state index is 11.6. The average molecular weight is 191 g/mol. The van der Waals surface area contributed by atoms with Crippen LogP contribution in [0.15, 0.2) is 24.3 Å². The standard InChI is InChI=1S/C11H13NO2/c13-10-4-2-1-3-9(10)11(14)7-12-8-5-6-8/h1-4,8,12-13H,5-7H2. The van der Waals surface area contributed by atoms with E-state index in [-0.39, 0.29) is 11.5 Å². The quantitative estimate of drug-likeness (QED) is 0.706. The summed E-state index contributed by atoms with van der Waals surface area (Å²) in [6.07, 6.45) is 2.32. The highest BCUT2D eigenvalue weighted by Crippen LogP contribution is 2.19. The molecule has 0 aromatic heterocycles. The summed E-state index contributed by atoms with van der Waals surface area (Å²) in [6.45, 7) is 0.322. The van der Waals surface area contributed by atoms with Gasteiger partial charge in [0.15, 0.2) is 5.78 Å². The molecule has 0 unspecified atom stereocenters. The molecular formula is C11H13NO2. The molecule has 0 amide bonds. The van der Waals surface area contributed by atoms with E-state index in [9.17, 15) is 9.90 Å². The lowest BCUT2D eigenvalue weighted by Gasteiger charge is -2.03. The first-order valence-electron chi connectivity index (χ1n) is 4.82. The summed E-state index contributed by atoms with van der Waals surface area (Å²) in [5, 5.41) is 12.5. The molecule has 1 aliphatic rings. The summed E-state index contributed by atoms with van der Waals surface area (Å²) in [5.74, 6) is 0.0186. The fourth-order valence-corrected chi connectivity index (χ4v) is 1.33. The van der Waals surface area contributed by atoms with Crippen molar-refractivity contribution in [2.24, 2.45) is 0 Å². The zero-order valence-electron chi connectivity index (χ0n) is 7.86. The third-order valence-corrected chi connectivity index (χ3v) is 2.33. The van der Waals surface area contributed by atoms with Crippen LogP contribution in [0.4, 0.5) is 0 Å². The van der Waals surface area contributed by atoms with Gasteiger partial charge < -0.3 is 10.4 Å². The van der Waals surface area contributed by atoms with E-state index in [0.29, 0.717) is 18.2 Å². The topological polar surface area (TPSA) is 49.3 Å². The van der Waals surface area contributed by atoms with E-state index in [4.69, 9.17) is 0 Å². The number of ketones is 1. The molecule has 0 aliphatic heterocycles. The van der Waals surface area contributed by atoms with Gasteiger partial charge in [-0.15, -0.1) is 0 Å². The monoisotopic (exact) mass is 191 g/mol. The summed E-state index contributed by atoms with van der Waals surface area (Å²) in [7, 11) is 0. The molecule has 3 heteroatoms. The highest BCUT2D eigenvalue weighted by Gasteiger charge is 2.21. The Morgan fingerprint density at radius 1 is 1.43 bits per heavy atom. The van der Waals surface area contributed by atoms with Crippen LogP contribution in [0.1, 0.15) is 23.2 Å². The number of benzene rings is 1. The lowest BCUT2D eigenvalue weighted by atomic mass is 10.1. The van der Waals surface area contributed by atoms with Gasteiger partial charge in [0, 0.05) is 6.04 Å². The van der Waals surface area contributed by atoms with E-state index in [0.717, 1.165) is 12.8 Å². The first kappa shape index (κ1) is 9.21. The van der Waals surface area contributed by atoms with Crippen molar-refractivity contribution in [2.75, 3.05) is 6.54 Å². The smallest absolute Gasteiger partial charge is 0.180 e. The second-order valence-corrected chi connectivity index (χ2v) is 3.60. The number of nitrogens with one attached hydrogen (secondary N) is 1. The number of hydrogen-bond donors (Lipinski definition) is 2. The van der Waals surface area contributed by atoms with Crippen LogP contribution in [-0.2, 0) is 0 Å². The van der Waals surface area contributed by atoms with Gasteiger partial charge in [-0.3, -0.25) is 4.79 Å². The molecule has 3 nitrogen and oxygen atoms in total. The van der Waals surface area contributed by atoms with Gasteiger partial charge in [0.25, 0.3) is 0 Å². The molecule has 1 aromatic rings. The van der Waals surface area contributed by atoms with Gasteiger partial charge in [-0.05, 0) is 25.0 Å². The zero-order chi connectivity index (χ0) is 9.97. The minimum absolute atomic E-state index is 0.0463. The molecular weight excluding hydrogens is 178 g/mol. The van der Waals surface area contributed by atoms with Crippen molar-refractivity contribution < 1.29 is 9.90 Å². The van der Waals surface area contributed by atoms with Gasteiger partial charge in [-0.2, -0.15) is 0 Å². The Labute approximate surface area is 82.8 Å². The Morgan fingerprint density at radius 3 is 2.79 bits per heavy atom. The maximum Gasteiger partial charge on any atom is 0.180 e. The minimum atomic E-state index is -0.0463. The number of para-hydroxylation sites is 1. The van der Waals surface area contributed by atoms with Gasteiger partial charge in [0.1, 0.15) is 5.75 Å². The zero-order valence-corrected chi connectivity index (χ0v) is 7.86. The molecule has 0 saturated heterocycles. The molecule has 1 aliphatic carbocycles. The molecule has 1 fully saturated rings. The third-order valence-electron chi connectivity index (χ3n) is 2.33. The van der Waals surface area contributed by atoms with Crippen LogP contribution in [0.2, 0.25) is 0 Å². The number of carbonyl (C=O) groups is 1. The van der Waals surface area contributed by atoms with Crippen molar-refractivity contribution in [2.45, 2.75) is 18.9 Å². The molecule has 0 heterocycles. The number of Topliss-reactive ketones (excluding diaryl/α,β-unsaturated/α-hetero) is 1. The predicted molar refractivity (Wildman–Crippen MR) is 53.5 cm³/mol. The normalized spacial score (nSPS) is 15.4. The highest BCUT2D eigenvalue weighted by atomic mass is 16.3. The van der Waals surface area contributed by atoms with Crippen LogP contribution in [0.5, 0.6) is 5.75 Å². The number of hydrogen-bond acceptors (Lipinski definition) is 3. The number of phenols is 1. The van der Waals surface area contributed by atoms with Crippen molar-refractivity contribution in [3.63, 3.8) is 0 Å². The van der Waals surface area contributed by atoms with Crippen LogP contribution in [0, 0.1) is 0 Å². The van der Waals surface area contributed by atoms with E-state index in [2.05, 4.69) is 5.32 Å². The van der Waals surface area contributed by atoms with Crippen molar-refractivity contribution >= 4 is 5.78 Å². The van der Waals surface area contributed by atoms with Gasteiger partial charge in [-0.1, -0.05) is 12.1 Å². The van der Waals surface area contributed by atoms with Crippen molar-refractivity contribution in [1.82, 2.24) is 5.32 Å². The first-order valence-corrected chi connectivity index (χ1v) is 4.82. The number of aromatic hydroxyl groups is 1. The number of phenolic OH excluding ortho intramolecular Hbond substituents is 1. The van der Waals surface area contributed by atoms with Crippen molar-refractivity contribution in [1.29, 1.82) is 0 Å². The Morgan fingerprint density at radius 2 is 2.14 bits per heavy atom. The van der Waals surface area contributed by atoms with Crippen LogP contribution in [-0.4, -0.2) is 23.5 Å². The lowest BCUT2D eigenvalue weighted by Crippen LogP contribution is -2.24. The Hall–Kier alpha value is -1.35. The second kappa shape index (κ2) is 3.80.